The van der Waals surface area contributed by atoms with Gasteiger partial charge in [0.25, 0.3) is 0 Å². The molecule has 2 aromatic rings. The smallest absolute Gasteiger partial charge is 0.0785 e. The second kappa shape index (κ2) is 6.34. The first kappa shape index (κ1) is 15.0. The van der Waals surface area contributed by atoms with Crippen LogP contribution in [0.15, 0.2) is 30.3 Å². The molecule has 0 amide bonds. The summed E-state index contributed by atoms with van der Waals surface area (Å²) in [6.45, 7) is 0.711. The highest BCUT2D eigenvalue weighted by Gasteiger charge is 2.17. The fourth-order valence-electron chi connectivity index (χ4n) is 1.92. The summed E-state index contributed by atoms with van der Waals surface area (Å²) >= 11 is 24.6. The van der Waals surface area contributed by atoms with E-state index >= 15 is 0 Å². The van der Waals surface area contributed by atoms with Crippen LogP contribution in [0.1, 0.15) is 5.56 Å². The number of hydrogen-bond acceptors (Lipinski definition) is 1. The normalized spacial score (nSPS) is 10.8. The molecule has 2 rings (SSSR count). The number of hydrogen-bond donors (Lipinski definition) is 1. The summed E-state index contributed by atoms with van der Waals surface area (Å²) in [5.74, 6) is 0. The molecule has 0 atom stereocenters. The maximum atomic E-state index is 6.29. The molecule has 1 nitrogen and oxygen atoms in total. The van der Waals surface area contributed by atoms with E-state index in [9.17, 15) is 0 Å². The third kappa shape index (κ3) is 3.01. The molecule has 0 aliphatic heterocycles. The van der Waals surface area contributed by atoms with Crippen LogP contribution < -0.4 is 5.32 Å². The van der Waals surface area contributed by atoms with Gasteiger partial charge >= 0.3 is 0 Å². The molecule has 0 unspecified atom stereocenters. The molecule has 0 spiro atoms. The van der Waals surface area contributed by atoms with Crippen molar-refractivity contribution in [2.75, 3.05) is 7.05 Å². The summed E-state index contributed by atoms with van der Waals surface area (Å²) in [5, 5.41) is 4.65. The SMILES string of the molecule is CNCc1ccccc1-c1c(Cl)cc(Cl)c(Cl)c1Cl. The van der Waals surface area contributed by atoms with Gasteiger partial charge in [0.05, 0.1) is 20.1 Å². The average Bonchev–Trinajstić information content (AvgIpc) is 2.38. The van der Waals surface area contributed by atoms with E-state index in [0.717, 1.165) is 11.1 Å². The lowest BCUT2D eigenvalue weighted by Crippen LogP contribution is -2.06. The van der Waals surface area contributed by atoms with E-state index in [0.29, 0.717) is 32.2 Å². The first-order valence-corrected chi connectivity index (χ1v) is 7.13. The first-order valence-electron chi connectivity index (χ1n) is 5.62. The summed E-state index contributed by atoms with van der Waals surface area (Å²) in [6.07, 6.45) is 0. The highest BCUT2D eigenvalue weighted by molar-refractivity contribution is 6.51. The zero-order valence-electron chi connectivity index (χ0n) is 10.1. The van der Waals surface area contributed by atoms with E-state index in [2.05, 4.69) is 5.32 Å². The molecule has 19 heavy (non-hydrogen) atoms. The molecule has 5 heteroatoms. The molecule has 0 saturated carbocycles. The fraction of sp³-hybridized carbons (Fsp3) is 0.143. The maximum absolute atomic E-state index is 6.29. The molecule has 0 saturated heterocycles. The fourth-order valence-corrected chi connectivity index (χ4v) is 3.04. The molecule has 2 aromatic carbocycles. The minimum Gasteiger partial charge on any atom is -0.316 e. The second-order valence-electron chi connectivity index (χ2n) is 4.03. The van der Waals surface area contributed by atoms with Crippen molar-refractivity contribution in [3.63, 3.8) is 0 Å². The Morgan fingerprint density at radius 3 is 2.32 bits per heavy atom. The van der Waals surface area contributed by atoms with Gasteiger partial charge in [-0.05, 0) is 24.2 Å². The Bertz CT molecular complexity index is 611. The predicted molar refractivity (Wildman–Crippen MR) is 84.7 cm³/mol. The van der Waals surface area contributed by atoms with Crippen molar-refractivity contribution in [2.24, 2.45) is 0 Å². The van der Waals surface area contributed by atoms with Crippen LogP contribution in [0.5, 0.6) is 0 Å². The summed E-state index contributed by atoms with van der Waals surface area (Å²) < 4.78 is 0. The van der Waals surface area contributed by atoms with Crippen molar-refractivity contribution in [1.29, 1.82) is 0 Å². The van der Waals surface area contributed by atoms with Gasteiger partial charge in [-0.25, -0.2) is 0 Å². The topological polar surface area (TPSA) is 12.0 Å². The molecule has 0 bridgehead atoms. The number of rotatable bonds is 3. The van der Waals surface area contributed by atoms with Crippen molar-refractivity contribution >= 4 is 46.4 Å². The minimum absolute atomic E-state index is 0.321. The third-order valence-electron chi connectivity index (χ3n) is 2.77. The van der Waals surface area contributed by atoms with Crippen molar-refractivity contribution < 1.29 is 0 Å². The van der Waals surface area contributed by atoms with Gasteiger partial charge in [0.1, 0.15) is 0 Å². The summed E-state index contributed by atoms with van der Waals surface area (Å²) in [7, 11) is 1.88. The first-order chi connectivity index (χ1) is 9.06. The average molecular weight is 335 g/mol. The Hall–Kier alpha value is -0.440. The monoisotopic (exact) mass is 333 g/mol. The van der Waals surface area contributed by atoms with Crippen LogP contribution >= 0.6 is 46.4 Å². The van der Waals surface area contributed by atoms with Gasteiger partial charge in [0.2, 0.25) is 0 Å². The highest BCUT2D eigenvalue weighted by atomic mass is 35.5. The quantitative estimate of drug-likeness (QED) is 0.562. The van der Waals surface area contributed by atoms with Crippen molar-refractivity contribution in [2.45, 2.75) is 6.54 Å². The van der Waals surface area contributed by atoms with E-state index in [1.54, 1.807) is 6.07 Å². The van der Waals surface area contributed by atoms with E-state index < -0.39 is 0 Å². The molecule has 0 aromatic heterocycles. The van der Waals surface area contributed by atoms with Gasteiger partial charge in [-0.15, -0.1) is 0 Å². The summed E-state index contributed by atoms with van der Waals surface area (Å²) in [5.41, 5.74) is 2.75. The molecule has 0 fully saturated rings. The van der Waals surface area contributed by atoms with Crippen LogP contribution in [-0.4, -0.2) is 7.05 Å². The predicted octanol–water partition coefficient (Wildman–Crippen LogP) is 5.69. The minimum atomic E-state index is 0.321. The summed E-state index contributed by atoms with van der Waals surface area (Å²) in [6, 6.07) is 9.49. The maximum Gasteiger partial charge on any atom is 0.0785 e. The van der Waals surface area contributed by atoms with Gasteiger partial charge in [-0.2, -0.15) is 0 Å². The van der Waals surface area contributed by atoms with Crippen LogP contribution in [0.25, 0.3) is 11.1 Å². The molecule has 100 valence electrons. The van der Waals surface area contributed by atoms with E-state index in [1.807, 2.05) is 31.3 Å². The van der Waals surface area contributed by atoms with Crippen molar-refractivity contribution in [3.05, 3.63) is 56.0 Å². The molecular formula is C14H11Cl4N. The number of nitrogens with one attached hydrogen (secondary N) is 1. The van der Waals surface area contributed by atoms with Crippen LogP contribution in [-0.2, 0) is 6.54 Å². The standard InChI is InChI=1S/C14H11Cl4N/c1-19-7-8-4-2-3-5-9(8)12-10(15)6-11(16)13(17)14(12)18/h2-6,19H,7H2,1H3. The third-order valence-corrected chi connectivity index (χ3v) is 4.33. The lowest BCUT2D eigenvalue weighted by molar-refractivity contribution is 0.819. The van der Waals surface area contributed by atoms with Gasteiger partial charge in [-0.3, -0.25) is 0 Å². The molecular weight excluding hydrogens is 324 g/mol. The Balaban J connectivity index is 2.69. The zero-order chi connectivity index (χ0) is 14.0. The van der Waals surface area contributed by atoms with Crippen molar-refractivity contribution in [1.82, 2.24) is 5.32 Å². The van der Waals surface area contributed by atoms with Crippen LogP contribution in [0.2, 0.25) is 20.1 Å². The van der Waals surface area contributed by atoms with Gasteiger partial charge < -0.3 is 5.32 Å². The Morgan fingerprint density at radius 1 is 0.947 bits per heavy atom. The Morgan fingerprint density at radius 2 is 1.63 bits per heavy atom. The lowest BCUT2D eigenvalue weighted by Gasteiger charge is -2.14. The molecule has 0 aliphatic rings. The molecule has 0 radical (unpaired) electrons. The Kier molecular flexibility index (Phi) is 4.99. The number of halogens is 4. The van der Waals surface area contributed by atoms with E-state index in [-0.39, 0.29) is 0 Å². The van der Waals surface area contributed by atoms with Crippen molar-refractivity contribution in [3.8, 4) is 11.1 Å². The molecule has 0 heterocycles. The van der Waals surface area contributed by atoms with E-state index in [1.165, 1.54) is 0 Å². The Labute approximate surface area is 132 Å². The molecule has 1 N–H and O–H groups in total. The van der Waals surface area contributed by atoms with Crippen LogP contribution in [0.4, 0.5) is 0 Å². The summed E-state index contributed by atoms with van der Waals surface area (Å²) in [4.78, 5) is 0. The van der Waals surface area contributed by atoms with Gasteiger partial charge in [0, 0.05) is 12.1 Å². The molecule has 0 aliphatic carbocycles. The largest absolute Gasteiger partial charge is 0.316 e. The van der Waals surface area contributed by atoms with Crippen LogP contribution in [0.3, 0.4) is 0 Å². The lowest BCUT2D eigenvalue weighted by atomic mass is 9.99. The highest BCUT2D eigenvalue weighted by Crippen LogP contribution is 2.43. The zero-order valence-corrected chi connectivity index (χ0v) is 13.1. The van der Waals surface area contributed by atoms with Gasteiger partial charge in [-0.1, -0.05) is 70.7 Å². The second-order valence-corrected chi connectivity index (χ2v) is 5.60. The van der Waals surface area contributed by atoms with Crippen LogP contribution in [0, 0.1) is 0 Å². The van der Waals surface area contributed by atoms with E-state index in [4.69, 9.17) is 46.4 Å². The van der Waals surface area contributed by atoms with Gasteiger partial charge in [0.15, 0.2) is 0 Å². The number of benzene rings is 2.